The van der Waals surface area contributed by atoms with Crippen molar-refractivity contribution in [2.24, 2.45) is 5.92 Å². The number of carbonyl (C=O) groups excluding carboxylic acids is 3. The fourth-order valence-corrected chi connectivity index (χ4v) is 3.38. The lowest BCUT2D eigenvalue weighted by atomic mass is 10.1. The van der Waals surface area contributed by atoms with E-state index in [4.69, 9.17) is 0 Å². The van der Waals surface area contributed by atoms with E-state index in [1.54, 1.807) is 23.6 Å². The van der Waals surface area contributed by atoms with Gasteiger partial charge < -0.3 is 10.6 Å². The molecule has 0 unspecified atom stereocenters. The van der Waals surface area contributed by atoms with E-state index < -0.39 is 11.7 Å². The molecule has 1 heterocycles. The molecule has 0 bridgehead atoms. The van der Waals surface area contributed by atoms with Crippen molar-refractivity contribution < 1.29 is 18.8 Å². The third-order valence-corrected chi connectivity index (χ3v) is 5.27. The van der Waals surface area contributed by atoms with E-state index in [1.807, 2.05) is 26.0 Å². The van der Waals surface area contributed by atoms with Gasteiger partial charge in [0.1, 0.15) is 5.82 Å². The zero-order chi connectivity index (χ0) is 23.1. The lowest BCUT2D eigenvalue weighted by Gasteiger charge is -2.09. The van der Waals surface area contributed by atoms with Gasteiger partial charge in [0.25, 0.3) is 5.91 Å². The van der Waals surface area contributed by atoms with Crippen molar-refractivity contribution >= 4 is 39.9 Å². The summed E-state index contributed by atoms with van der Waals surface area (Å²) in [6.07, 6.45) is 0.0502. The summed E-state index contributed by atoms with van der Waals surface area (Å²) in [6.45, 7) is 3.97. The Kier molecular flexibility index (Phi) is 7.67. The quantitative estimate of drug-likeness (QED) is 0.479. The Bertz CT molecular complexity index is 1110. The van der Waals surface area contributed by atoms with Gasteiger partial charge in [0, 0.05) is 23.5 Å². The summed E-state index contributed by atoms with van der Waals surface area (Å²) >= 11 is 1.16. The molecule has 1 aromatic heterocycles. The van der Waals surface area contributed by atoms with Crippen LogP contribution < -0.4 is 16.0 Å². The minimum absolute atomic E-state index is 0.0502. The number of hydrogen-bond acceptors (Lipinski definition) is 5. The van der Waals surface area contributed by atoms with Gasteiger partial charge in [0.15, 0.2) is 5.13 Å². The molecule has 7 nitrogen and oxygen atoms in total. The van der Waals surface area contributed by atoms with Gasteiger partial charge in [-0.15, -0.1) is 11.3 Å². The van der Waals surface area contributed by atoms with Gasteiger partial charge in [-0.1, -0.05) is 38.1 Å². The molecule has 166 valence electrons. The highest BCUT2D eigenvalue weighted by Gasteiger charge is 2.14. The molecule has 3 aromatic rings. The fourth-order valence-electron chi connectivity index (χ4n) is 2.68. The monoisotopic (exact) mass is 454 g/mol. The number of benzene rings is 2. The number of halogens is 1. The van der Waals surface area contributed by atoms with E-state index in [9.17, 15) is 18.8 Å². The van der Waals surface area contributed by atoms with Crippen LogP contribution in [0.2, 0.25) is 0 Å². The fraction of sp³-hybridized carbons (Fsp3) is 0.217. The molecule has 0 spiro atoms. The number of nitrogens with zero attached hydrogens (tertiary/aromatic N) is 1. The van der Waals surface area contributed by atoms with Gasteiger partial charge in [0.2, 0.25) is 11.8 Å². The van der Waals surface area contributed by atoms with Crippen LogP contribution in [0.5, 0.6) is 0 Å². The van der Waals surface area contributed by atoms with Gasteiger partial charge in [-0.2, -0.15) is 0 Å². The summed E-state index contributed by atoms with van der Waals surface area (Å²) in [5, 5.41) is 10.1. The van der Waals surface area contributed by atoms with E-state index in [-0.39, 0.29) is 29.7 Å². The van der Waals surface area contributed by atoms with Crippen molar-refractivity contribution in [1.82, 2.24) is 10.3 Å². The van der Waals surface area contributed by atoms with Crippen LogP contribution in [0.3, 0.4) is 0 Å². The van der Waals surface area contributed by atoms with E-state index in [2.05, 4.69) is 20.9 Å². The lowest BCUT2D eigenvalue weighted by molar-refractivity contribution is -0.120. The molecule has 0 atom stereocenters. The van der Waals surface area contributed by atoms with Crippen LogP contribution >= 0.6 is 11.3 Å². The minimum Gasteiger partial charge on any atom is -0.352 e. The molecule has 3 rings (SSSR count). The Morgan fingerprint density at radius 1 is 1.03 bits per heavy atom. The highest BCUT2D eigenvalue weighted by Crippen LogP contribution is 2.18. The van der Waals surface area contributed by atoms with Gasteiger partial charge in [-0.25, -0.2) is 9.37 Å². The molecule has 3 N–H and O–H groups in total. The minimum atomic E-state index is -0.614. The van der Waals surface area contributed by atoms with Crippen LogP contribution in [0, 0.1) is 11.7 Å². The molecule has 32 heavy (non-hydrogen) atoms. The number of aromatic nitrogens is 1. The second kappa shape index (κ2) is 10.6. The first-order valence-corrected chi connectivity index (χ1v) is 10.9. The zero-order valence-electron chi connectivity index (χ0n) is 17.6. The second-order valence-corrected chi connectivity index (χ2v) is 8.23. The first-order valence-electron chi connectivity index (χ1n) is 9.98. The van der Waals surface area contributed by atoms with Gasteiger partial charge in [-0.3, -0.25) is 19.7 Å². The maximum atomic E-state index is 13.7. The van der Waals surface area contributed by atoms with Crippen LogP contribution in [0.1, 0.15) is 35.5 Å². The summed E-state index contributed by atoms with van der Waals surface area (Å²) in [7, 11) is 0. The summed E-state index contributed by atoms with van der Waals surface area (Å²) in [4.78, 5) is 40.3. The first-order chi connectivity index (χ1) is 15.3. The van der Waals surface area contributed by atoms with Crippen molar-refractivity contribution in [1.29, 1.82) is 0 Å². The van der Waals surface area contributed by atoms with E-state index >= 15 is 0 Å². The number of rotatable bonds is 8. The maximum Gasteiger partial charge on any atom is 0.260 e. The number of nitrogens with one attached hydrogen (secondary N) is 3. The predicted octanol–water partition coefficient (Wildman–Crippen LogP) is 3.99. The highest BCUT2D eigenvalue weighted by atomic mass is 32.1. The van der Waals surface area contributed by atoms with Crippen LogP contribution in [0.4, 0.5) is 15.2 Å². The Hall–Kier alpha value is -3.59. The van der Waals surface area contributed by atoms with Crippen LogP contribution in [-0.4, -0.2) is 22.7 Å². The standard InChI is InChI=1S/C23H23FN4O3S/c1-14(2)21(30)26-16-9-7-15(8-10-16)12-25-20(29)11-17-13-32-23(27-17)28-22(31)18-5-3-4-6-19(18)24/h3-10,13-14H,11-12H2,1-2H3,(H,25,29)(H,26,30)(H,27,28,31). The van der Waals surface area contributed by atoms with Crippen LogP contribution in [0.25, 0.3) is 0 Å². The average Bonchev–Trinajstić information content (AvgIpc) is 3.19. The third kappa shape index (κ3) is 6.45. The van der Waals surface area contributed by atoms with Crippen molar-refractivity contribution in [2.75, 3.05) is 10.6 Å². The summed E-state index contributed by atoms with van der Waals surface area (Å²) in [6, 6.07) is 12.9. The Morgan fingerprint density at radius 2 is 1.75 bits per heavy atom. The van der Waals surface area contributed by atoms with Crippen molar-refractivity contribution in [3.05, 3.63) is 76.5 Å². The first kappa shape index (κ1) is 23.1. The Labute approximate surface area is 189 Å². The number of thiazole rings is 1. The van der Waals surface area contributed by atoms with Crippen LogP contribution in [-0.2, 0) is 22.6 Å². The SMILES string of the molecule is CC(C)C(=O)Nc1ccc(CNC(=O)Cc2csc(NC(=O)c3ccccc3F)n2)cc1. The Morgan fingerprint density at radius 3 is 2.44 bits per heavy atom. The second-order valence-electron chi connectivity index (χ2n) is 7.37. The molecule has 0 aliphatic heterocycles. The molecule has 0 aliphatic rings. The number of anilines is 2. The van der Waals surface area contributed by atoms with Gasteiger partial charge in [0.05, 0.1) is 17.7 Å². The van der Waals surface area contributed by atoms with Crippen molar-refractivity contribution in [3.8, 4) is 0 Å². The molecule has 0 saturated heterocycles. The summed E-state index contributed by atoms with van der Waals surface area (Å²) in [5.41, 5.74) is 2.02. The average molecular weight is 455 g/mol. The summed E-state index contributed by atoms with van der Waals surface area (Å²) < 4.78 is 13.7. The topological polar surface area (TPSA) is 100 Å². The van der Waals surface area contributed by atoms with Crippen LogP contribution in [0.15, 0.2) is 53.9 Å². The molecule has 9 heteroatoms. The highest BCUT2D eigenvalue weighted by molar-refractivity contribution is 7.14. The maximum absolute atomic E-state index is 13.7. The van der Waals surface area contributed by atoms with Crippen molar-refractivity contribution in [3.63, 3.8) is 0 Å². The zero-order valence-corrected chi connectivity index (χ0v) is 18.5. The predicted molar refractivity (Wildman–Crippen MR) is 122 cm³/mol. The summed E-state index contributed by atoms with van der Waals surface area (Å²) in [5.74, 6) is -1.59. The normalized spacial score (nSPS) is 10.6. The Balaban J connectivity index is 1.47. The number of hydrogen-bond donors (Lipinski definition) is 3. The number of carbonyl (C=O) groups is 3. The van der Waals surface area contributed by atoms with Crippen molar-refractivity contribution in [2.45, 2.75) is 26.8 Å². The number of amides is 3. The molecule has 2 aromatic carbocycles. The van der Waals surface area contributed by atoms with E-state index in [1.165, 1.54) is 18.2 Å². The molecule has 0 aliphatic carbocycles. The van der Waals surface area contributed by atoms with E-state index in [0.717, 1.165) is 16.9 Å². The van der Waals surface area contributed by atoms with Gasteiger partial charge in [-0.05, 0) is 29.8 Å². The molecule has 0 saturated carbocycles. The largest absolute Gasteiger partial charge is 0.352 e. The van der Waals surface area contributed by atoms with E-state index in [0.29, 0.717) is 23.1 Å². The molecular weight excluding hydrogens is 431 g/mol. The molecule has 3 amide bonds. The molecule has 0 radical (unpaired) electrons. The molecule has 0 fully saturated rings. The molecular formula is C23H23FN4O3S. The third-order valence-electron chi connectivity index (χ3n) is 4.47. The van der Waals surface area contributed by atoms with Gasteiger partial charge >= 0.3 is 0 Å². The smallest absolute Gasteiger partial charge is 0.260 e. The lowest BCUT2D eigenvalue weighted by Crippen LogP contribution is -2.24.